The number of hydrogen-bond donors (Lipinski definition) is 1. The van der Waals surface area contributed by atoms with Crippen molar-refractivity contribution in [3.05, 3.63) is 47.2 Å². The van der Waals surface area contributed by atoms with Crippen LogP contribution in [0, 0.1) is 0 Å². The van der Waals surface area contributed by atoms with Crippen LogP contribution in [0.3, 0.4) is 0 Å². The van der Waals surface area contributed by atoms with Gasteiger partial charge in [0.1, 0.15) is 6.61 Å². The van der Waals surface area contributed by atoms with E-state index in [1.54, 1.807) is 11.1 Å². The van der Waals surface area contributed by atoms with Crippen molar-refractivity contribution in [2.45, 2.75) is 64.6 Å². The van der Waals surface area contributed by atoms with Crippen molar-refractivity contribution < 1.29 is 23.8 Å². The highest BCUT2D eigenvalue weighted by atomic mass is 16.7. The van der Waals surface area contributed by atoms with E-state index in [4.69, 9.17) is 19.2 Å². The molecule has 5 rings (SSSR count). The molecule has 2 aromatic rings. The number of cyclic esters (lactones) is 1. The molecule has 1 amide bonds. The number of piperazine rings is 1. The standard InChI is InChI=1S/C28H39BN6O5/c1-20(17-39-25-5-3-4-14-38-25)35-26-24(18-40-28(35)37)15-30-27(32-26)31-21(2)23-8-6-22(7-9-23)16-33-10-12-34(13-11-33)29-19-36/h6-9,15,19-21,25,29H,3-5,10-14,16-18H2,1-2H3,(H,30,31,32)/t20-,21+,25?/m1/s1. The van der Waals surface area contributed by atoms with Gasteiger partial charge in [-0.3, -0.25) is 9.80 Å². The zero-order valence-corrected chi connectivity index (χ0v) is 23.5. The van der Waals surface area contributed by atoms with Gasteiger partial charge in [0.15, 0.2) is 12.1 Å². The van der Waals surface area contributed by atoms with Gasteiger partial charge in [0.2, 0.25) is 5.95 Å². The molecule has 1 unspecified atom stereocenters. The van der Waals surface area contributed by atoms with Crippen LogP contribution in [0.15, 0.2) is 30.5 Å². The summed E-state index contributed by atoms with van der Waals surface area (Å²) in [4.78, 5) is 38.8. The highest BCUT2D eigenvalue weighted by molar-refractivity contribution is 6.64. The fraction of sp³-hybridized carbons (Fsp3) is 0.571. The number of fused-ring (bicyclic) bond motifs is 1. The third-order valence-electron chi connectivity index (χ3n) is 7.75. The molecule has 0 saturated carbocycles. The Hall–Kier alpha value is -3.06. The summed E-state index contributed by atoms with van der Waals surface area (Å²) < 4.78 is 17.0. The van der Waals surface area contributed by atoms with E-state index >= 15 is 0 Å². The van der Waals surface area contributed by atoms with Gasteiger partial charge in [0.25, 0.3) is 7.41 Å². The van der Waals surface area contributed by atoms with Crippen molar-refractivity contribution in [2.24, 2.45) is 0 Å². The third-order valence-corrected chi connectivity index (χ3v) is 7.75. The maximum atomic E-state index is 12.7. The van der Waals surface area contributed by atoms with Crippen LogP contribution in [-0.2, 0) is 32.2 Å². The third kappa shape index (κ3) is 7.17. The number of carbonyl (C=O) groups is 2. The zero-order chi connectivity index (χ0) is 27.9. The van der Waals surface area contributed by atoms with Gasteiger partial charge in [-0.05, 0) is 44.2 Å². The van der Waals surface area contributed by atoms with Gasteiger partial charge in [0, 0.05) is 45.5 Å². The number of rotatable bonds is 11. The summed E-state index contributed by atoms with van der Waals surface area (Å²) in [5.74, 6) is 0.997. The fourth-order valence-corrected chi connectivity index (χ4v) is 5.31. The van der Waals surface area contributed by atoms with E-state index in [-0.39, 0.29) is 25.0 Å². The maximum absolute atomic E-state index is 12.7. The minimum atomic E-state index is -0.438. The summed E-state index contributed by atoms with van der Waals surface area (Å²) in [5.41, 5.74) is 3.13. The molecule has 12 heteroatoms. The van der Waals surface area contributed by atoms with Crippen molar-refractivity contribution in [1.29, 1.82) is 0 Å². The number of amides is 1. The van der Waals surface area contributed by atoms with Crippen LogP contribution in [0.5, 0.6) is 0 Å². The van der Waals surface area contributed by atoms with Crippen LogP contribution in [0.1, 0.15) is 55.8 Å². The Labute approximate surface area is 236 Å². The molecule has 1 N–H and O–H groups in total. The predicted octanol–water partition coefficient (Wildman–Crippen LogP) is 2.70. The SMILES string of the molecule is C[C@H](Nc1ncc2c(n1)N([C@H](C)COC1CCCCO1)C(=O)OC2)c1ccc(CN2CCN(BC=O)CC2)cc1. The zero-order valence-electron chi connectivity index (χ0n) is 23.5. The molecule has 1 aromatic heterocycles. The Morgan fingerprint density at radius 1 is 1.18 bits per heavy atom. The van der Waals surface area contributed by atoms with Crippen molar-refractivity contribution in [1.82, 2.24) is 19.7 Å². The molecule has 4 heterocycles. The number of benzene rings is 1. The molecule has 214 valence electrons. The minimum Gasteiger partial charge on any atom is -0.444 e. The van der Waals surface area contributed by atoms with E-state index in [1.807, 2.05) is 6.92 Å². The number of ether oxygens (including phenoxy) is 3. The number of anilines is 2. The molecule has 0 bridgehead atoms. The van der Waals surface area contributed by atoms with Crippen LogP contribution < -0.4 is 10.2 Å². The first-order chi connectivity index (χ1) is 19.5. The molecule has 2 fully saturated rings. The van der Waals surface area contributed by atoms with E-state index in [2.05, 4.69) is 51.2 Å². The van der Waals surface area contributed by atoms with Gasteiger partial charge in [-0.15, -0.1) is 0 Å². The number of nitrogens with zero attached hydrogens (tertiary/aromatic N) is 5. The van der Waals surface area contributed by atoms with E-state index in [9.17, 15) is 9.59 Å². The monoisotopic (exact) mass is 550 g/mol. The molecule has 3 aliphatic rings. The lowest BCUT2D eigenvalue weighted by Gasteiger charge is -2.33. The molecule has 40 heavy (non-hydrogen) atoms. The molecule has 2 saturated heterocycles. The van der Waals surface area contributed by atoms with Gasteiger partial charge in [-0.2, -0.15) is 4.98 Å². The topological polar surface area (TPSA) is 109 Å². The summed E-state index contributed by atoms with van der Waals surface area (Å²) in [7, 11) is 0.521. The van der Waals surface area contributed by atoms with Crippen molar-refractivity contribution in [3.8, 4) is 0 Å². The highest BCUT2D eigenvalue weighted by Gasteiger charge is 2.33. The largest absolute Gasteiger partial charge is 0.444 e. The second kappa shape index (κ2) is 13.5. The molecule has 3 aliphatic heterocycles. The van der Waals surface area contributed by atoms with Crippen LogP contribution in [-0.4, -0.2) is 91.1 Å². The Bertz CT molecular complexity index is 1140. The second-order valence-electron chi connectivity index (χ2n) is 10.8. The first kappa shape index (κ1) is 28.5. The average molecular weight is 550 g/mol. The van der Waals surface area contributed by atoms with Gasteiger partial charge in [-0.25, -0.2) is 9.78 Å². The fourth-order valence-electron chi connectivity index (χ4n) is 5.31. The van der Waals surface area contributed by atoms with Crippen LogP contribution >= 0.6 is 0 Å². The van der Waals surface area contributed by atoms with E-state index in [0.717, 1.165) is 69.3 Å². The lowest BCUT2D eigenvalue weighted by molar-refractivity contribution is -0.164. The van der Waals surface area contributed by atoms with E-state index < -0.39 is 6.09 Å². The van der Waals surface area contributed by atoms with Crippen LogP contribution in [0.25, 0.3) is 0 Å². The second-order valence-corrected chi connectivity index (χ2v) is 10.8. The Kier molecular flexibility index (Phi) is 9.64. The molecule has 3 atom stereocenters. The first-order valence-electron chi connectivity index (χ1n) is 14.3. The summed E-state index contributed by atoms with van der Waals surface area (Å²) in [6.45, 7) is 9.84. The van der Waals surface area contributed by atoms with Crippen molar-refractivity contribution >= 4 is 31.5 Å². The highest BCUT2D eigenvalue weighted by Crippen LogP contribution is 2.29. The van der Waals surface area contributed by atoms with E-state index in [0.29, 0.717) is 32.4 Å². The molecule has 0 spiro atoms. The van der Waals surface area contributed by atoms with Crippen molar-refractivity contribution in [2.75, 3.05) is 49.6 Å². The summed E-state index contributed by atoms with van der Waals surface area (Å²) in [6, 6.07) is 8.27. The summed E-state index contributed by atoms with van der Waals surface area (Å²) in [6.07, 6.45) is 5.02. The van der Waals surface area contributed by atoms with Crippen LogP contribution in [0.4, 0.5) is 16.6 Å². The van der Waals surface area contributed by atoms with Crippen molar-refractivity contribution in [3.63, 3.8) is 0 Å². The summed E-state index contributed by atoms with van der Waals surface area (Å²) >= 11 is 0. The minimum absolute atomic E-state index is 0.0350. The number of hydrogen-bond acceptors (Lipinski definition) is 10. The molecular weight excluding hydrogens is 511 g/mol. The summed E-state index contributed by atoms with van der Waals surface area (Å²) in [5, 5.41) is 3.39. The van der Waals surface area contributed by atoms with Gasteiger partial charge < -0.3 is 29.1 Å². The first-order valence-corrected chi connectivity index (χ1v) is 14.3. The predicted molar refractivity (Wildman–Crippen MR) is 153 cm³/mol. The normalized spacial score (nSPS) is 21.7. The van der Waals surface area contributed by atoms with Gasteiger partial charge >= 0.3 is 6.09 Å². The smallest absolute Gasteiger partial charge is 0.416 e. The molecular formula is C28H39BN6O5. The van der Waals surface area contributed by atoms with E-state index in [1.165, 1.54) is 5.56 Å². The quantitative estimate of drug-likeness (QED) is 0.331. The Morgan fingerprint density at radius 2 is 1.98 bits per heavy atom. The maximum Gasteiger partial charge on any atom is 0.416 e. The molecule has 0 aliphatic carbocycles. The number of nitrogens with one attached hydrogen (secondary N) is 1. The van der Waals surface area contributed by atoms with Gasteiger partial charge in [0.05, 0.1) is 30.4 Å². The van der Waals surface area contributed by atoms with Crippen LogP contribution in [0.2, 0.25) is 0 Å². The number of aromatic nitrogens is 2. The lowest BCUT2D eigenvalue weighted by atomic mass is 9.93. The van der Waals surface area contributed by atoms with Gasteiger partial charge in [-0.1, -0.05) is 24.3 Å². The Morgan fingerprint density at radius 3 is 2.70 bits per heavy atom. The number of carbonyl (C=O) groups excluding carboxylic acids is 2. The lowest BCUT2D eigenvalue weighted by Crippen LogP contribution is -2.47. The average Bonchev–Trinajstić information content (AvgIpc) is 2.98. The molecule has 0 radical (unpaired) electrons. The molecule has 11 nitrogen and oxygen atoms in total. The Balaban J connectivity index is 1.18. The molecule has 1 aromatic carbocycles.